The Morgan fingerprint density at radius 3 is 2.67 bits per heavy atom. The number of carbonyl (C=O) groups excluding carboxylic acids is 1. The van der Waals surface area contributed by atoms with Crippen LogP contribution in [0.2, 0.25) is 0 Å². The maximum atomic E-state index is 12.5. The Morgan fingerprint density at radius 2 is 2.05 bits per heavy atom. The molecule has 1 fully saturated rings. The second kappa shape index (κ2) is 7.61. The second-order valence-electron chi connectivity index (χ2n) is 5.38. The van der Waals surface area contributed by atoms with Gasteiger partial charge in [-0.2, -0.15) is 0 Å². The summed E-state index contributed by atoms with van der Waals surface area (Å²) in [6.45, 7) is 2.10. The molecule has 1 heterocycles. The summed E-state index contributed by atoms with van der Waals surface area (Å²) in [5.74, 6) is -0.605. The summed E-state index contributed by atoms with van der Waals surface area (Å²) in [4.78, 5) is 26.4. The van der Waals surface area contributed by atoms with Gasteiger partial charge in [0.1, 0.15) is 0 Å². The van der Waals surface area contributed by atoms with E-state index in [-0.39, 0.29) is 18.1 Å². The van der Waals surface area contributed by atoms with Crippen molar-refractivity contribution in [1.82, 2.24) is 4.90 Å². The molecule has 1 saturated heterocycles. The molecular formula is C16H21NO3S. The number of thioether (sulfide) groups is 1. The Bertz CT molecular complexity index is 501. The van der Waals surface area contributed by atoms with E-state index in [4.69, 9.17) is 5.11 Å². The number of rotatable bonds is 6. The standard InChI is InChI=1S/C16H21NO3S/c1-21-14-6-4-12(5-7-14)16(20)13-3-2-9-17(11-13)10-8-15(18)19/h4-7,13H,2-3,8-11H2,1H3,(H,18,19)/t13-/m0/s1. The molecule has 2 rings (SSSR count). The first kappa shape index (κ1) is 16.0. The number of benzene rings is 1. The predicted molar refractivity (Wildman–Crippen MR) is 84.0 cm³/mol. The molecule has 1 aliphatic rings. The smallest absolute Gasteiger partial charge is 0.304 e. The van der Waals surface area contributed by atoms with Gasteiger partial charge in [-0.25, -0.2) is 0 Å². The Balaban J connectivity index is 1.96. The minimum absolute atomic E-state index is 0.00678. The van der Waals surface area contributed by atoms with E-state index >= 15 is 0 Å². The predicted octanol–water partition coefficient (Wildman–Crippen LogP) is 2.78. The van der Waals surface area contributed by atoms with E-state index in [2.05, 4.69) is 4.90 Å². The van der Waals surface area contributed by atoms with Crippen molar-refractivity contribution >= 4 is 23.5 Å². The summed E-state index contributed by atoms with van der Waals surface area (Å²) in [5, 5.41) is 8.75. The molecule has 1 atom stereocenters. The largest absolute Gasteiger partial charge is 0.481 e. The first-order valence-electron chi connectivity index (χ1n) is 7.22. The zero-order valence-electron chi connectivity index (χ0n) is 12.2. The molecule has 0 amide bonds. The normalized spacial score (nSPS) is 19.4. The van der Waals surface area contributed by atoms with Gasteiger partial charge in [0.05, 0.1) is 6.42 Å². The molecule has 0 aromatic heterocycles. The van der Waals surface area contributed by atoms with Gasteiger partial charge < -0.3 is 10.0 Å². The monoisotopic (exact) mass is 307 g/mol. The van der Waals surface area contributed by atoms with Crippen molar-refractivity contribution in [2.24, 2.45) is 5.92 Å². The van der Waals surface area contributed by atoms with Gasteiger partial charge in [0, 0.05) is 29.5 Å². The maximum absolute atomic E-state index is 12.5. The molecule has 5 heteroatoms. The molecule has 0 aliphatic carbocycles. The van der Waals surface area contributed by atoms with E-state index < -0.39 is 5.97 Å². The van der Waals surface area contributed by atoms with E-state index in [9.17, 15) is 9.59 Å². The number of carboxylic acids is 1. The average Bonchev–Trinajstić information content (AvgIpc) is 2.52. The fraction of sp³-hybridized carbons (Fsp3) is 0.500. The number of carbonyl (C=O) groups is 2. The number of hydrogen-bond acceptors (Lipinski definition) is 4. The molecule has 1 aliphatic heterocycles. The van der Waals surface area contributed by atoms with Gasteiger partial charge in [-0.15, -0.1) is 11.8 Å². The molecule has 0 bridgehead atoms. The molecule has 1 aromatic rings. The molecule has 0 radical (unpaired) electrons. The molecule has 0 unspecified atom stereocenters. The van der Waals surface area contributed by atoms with Crippen LogP contribution >= 0.6 is 11.8 Å². The molecule has 1 aromatic carbocycles. The Kier molecular flexibility index (Phi) is 5.82. The number of hydrogen-bond donors (Lipinski definition) is 1. The van der Waals surface area contributed by atoms with Crippen molar-refractivity contribution in [3.05, 3.63) is 29.8 Å². The minimum atomic E-state index is -0.781. The van der Waals surface area contributed by atoms with E-state index in [0.717, 1.165) is 29.8 Å². The van der Waals surface area contributed by atoms with Crippen LogP contribution in [0.4, 0.5) is 0 Å². The number of piperidine rings is 1. The lowest BCUT2D eigenvalue weighted by atomic mass is 9.90. The number of carboxylic acid groups (broad SMARTS) is 1. The van der Waals surface area contributed by atoms with Gasteiger partial charge in [-0.05, 0) is 37.8 Å². The van der Waals surface area contributed by atoms with Gasteiger partial charge in [-0.1, -0.05) is 12.1 Å². The van der Waals surface area contributed by atoms with Crippen molar-refractivity contribution in [2.45, 2.75) is 24.2 Å². The molecule has 21 heavy (non-hydrogen) atoms. The molecule has 4 nitrogen and oxygen atoms in total. The van der Waals surface area contributed by atoms with Crippen LogP contribution in [0.3, 0.4) is 0 Å². The van der Waals surface area contributed by atoms with E-state index in [0.29, 0.717) is 13.1 Å². The number of Topliss-reactive ketones (excluding diaryl/α,β-unsaturated/α-hetero) is 1. The maximum Gasteiger partial charge on any atom is 0.304 e. The lowest BCUT2D eigenvalue weighted by Crippen LogP contribution is -2.39. The van der Waals surface area contributed by atoms with Crippen LogP contribution in [0.25, 0.3) is 0 Å². The fourth-order valence-electron chi connectivity index (χ4n) is 2.72. The van der Waals surface area contributed by atoms with Gasteiger partial charge >= 0.3 is 5.97 Å². The Morgan fingerprint density at radius 1 is 1.33 bits per heavy atom. The summed E-state index contributed by atoms with van der Waals surface area (Å²) in [6, 6.07) is 7.74. The minimum Gasteiger partial charge on any atom is -0.481 e. The lowest BCUT2D eigenvalue weighted by Gasteiger charge is -2.31. The third-order valence-corrected chi connectivity index (χ3v) is 4.64. The Hall–Kier alpha value is -1.33. The summed E-state index contributed by atoms with van der Waals surface area (Å²) in [5.41, 5.74) is 0.762. The highest BCUT2D eigenvalue weighted by atomic mass is 32.2. The zero-order chi connectivity index (χ0) is 15.2. The third-order valence-electron chi connectivity index (χ3n) is 3.89. The molecule has 1 N–H and O–H groups in total. The SMILES string of the molecule is CSc1ccc(C(=O)[C@H]2CCCN(CCC(=O)O)C2)cc1. The molecular weight excluding hydrogens is 286 g/mol. The van der Waals surface area contributed by atoms with Crippen molar-refractivity contribution in [3.63, 3.8) is 0 Å². The van der Waals surface area contributed by atoms with Crippen molar-refractivity contribution in [1.29, 1.82) is 0 Å². The van der Waals surface area contributed by atoms with Crippen LogP contribution in [0, 0.1) is 5.92 Å². The van der Waals surface area contributed by atoms with Crippen LogP contribution in [-0.2, 0) is 4.79 Å². The topological polar surface area (TPSA) is 57.6 Å². The van der Waals surface area contributed by atoms with Gasteiger partial charge in [-0.3, -0.25) is 9.59 Å². The van der Waals surface area contributed by atoms with Crippen molar-refractivity contribution in [3.8, 4) is 0 Å². The molecule has 0 saturated carbocycles. The van der Waals surface area contributed by atoms with E-state index in [1.165, 1.54) is 0 Å². The van der Waals surface area contributed by atoms with Gasteiger partial charge in [0.2, 0.25) is 0 Å². The zero-order valence-corrected chi connectivity index (χ0v) is 13.1. The quantitative estimate of drug-likeness (QED) is 0.647. The van der Waals surface area contributed by atoms with Crippen LogP contribution in [0.1, 0.15) is 29.6 Å². The first-order valence-corrected chi connectivity index (χ1v) is 8.45. The number of likely N-dealkylation sites (tertiary alicyclic amines) is 1. The van der Waals surface area contributed by atoms with E-state index in [1.54, 1.807) is 11.8 Å². The number of ketones is 1. The highest BCUT2D eigenvalue weighted by molar-refractivity contribution is 7.98. The summed E-state index contributed by atoms with van der Waals surface area (Å²) >= 11 is 1.66. The highest BCUT2D eigenvalue weighted by Crippen LogP contribution is 2.22. The first-order chi connectivity index (χ1) is 10.1. The Labute approximate surface area is 129 Å². The third kappa shape index (κ3) is 4.58. The summed E-state index contributed by atoms with van der Waals surface area (Å²) < 4.78 is 0. The van der Waals surface area contributed by atoms with Crippen LogP contribution in [0.5, 0.6) is 0 Å². The lowest BCUT2D eigenvalue weighted by molar-refractivity contribution is -0.137. The number of nitrogens with zero attached hydrogens (tertiary/aromatic N) is 1. The fourth-order valence-corrected chi connectivity index (χ4v) is 3.13. The van der Waals surface area contributed by atoms with E-state index in [1.807, 2.05) is 30.5 Å². The van der Waals surface area contributed by atoms with Crippen LogP contribution in [-0.4, -0.2) is 47.6 Å². The summed E-state index contributed by atoms with van der Waals surface area (Å²) in [6.07, 6.45) is 4.01. The van der Waals surface area contributed by atoms with Gasteiger partial charge in [0.15, 0.2) is 5.78 Å². The molecule has 0 spiro atoms. The average molecular weight is 307 g/mol. The van der Waals surface area contributed by atoms with Crippen LogP contribution < -0.4 is 0 Å². The second-order valence-corrected chi connectivity index (χ2v) is 6.26. The highest BCUT2D eigenvalue weighted by Gasteiger charge is 2.26. The van der Waals surface area contributed by atoms with Gasteiger partial charge in [0.25, 0.3) is 0 Å². The van der Waals surface area contributed by atoms with Crippen molar-refractivity contribution in [2.75, 3.05) is 25.9 Å². The van der Waals surface area contributed by atoms with Crippen molar-refractivity contribution < 1.29 is 14.7 Å². The number of aliphatic carboxylic acids is 1. The van der Waals surface area contributed by atoms with Crippen LogP contribution in [0.15, 0.2) is 29.2 Å². The summed E-state index contributed by atoms with van der Waals surface area (Å²) in [7, 11) is 0. The molecule has 114 valence electrons.